The van der Waals surface area contributed by atoms with Crippen molar-refractivity contribution < 1.29 is 0 Å². The summed E-state index contributed by atoms with van der Waals surface area (Å²) in [5.41, 5.74) is 1.30. The third-order valence-electron chi connectivity index (χ3n) is 1.82. The van der Waals surface area contributed by atoms with Crippen LogP contribution in [0.3, 0.4) is 0 Å². The number of hydrogen-bond donors (Lipinski definition) is 1. The second-order valence-electron chi connectivity index (χ2n) is 2.93. The summed E-state index contributed by atoms with van der Waals surface area (Å²) in [5.74, 6) is 0. The minimum absolute atomic E-state index is 0.949. The summed E-state index contributed by atoms with van der Waals surface area (Å²) >= 11 is 3.41. The first-order valence-corrected chi connectivity index (χ1v) is 5.71. The molecule has 0 unspecified atom stereocenters. The smallest absolute Gasteiger partial charge is 0.0271 e. The maximum Gasteiger partial charge on any atom is 0.0271 e. The largest absolute Gasteiger partial charge is 0.313 e. The van der Waals surface area contributed by atoms with Gasteiger partial charge in [-0.25, -0.2) is 0 Å². The fourth-order valence-corrected chi connectivity index (χ4v) is 1.47. The number of alkyl halides is 1. The summed E-state index contributed by atoms with van der Waals surface area (Å²) in [6, 6.07) is 4.08. The number of nitrogens with zero attached hydrogens (tertiary/aromatic N) is 1. The average molecular weight is 243 g/mol. The molecule has 1 aromatic heterocycles. The van der Waals surface area contributed by atoms with E-state index in [2.05, 4.69) is 26.2 Å². The Labute approximate surface area is 87.9 Å². The van der Waals surface area contributed by atoms with Crippen LogP contribution < -0.4 is 5.32 Å². The van der Waals surface area contributed by atoms with Crippen LogP contribution in [-0.4, -0.2) is 16.9 Å². The molecule has 0 radical (unpaired) electrons. The number of unbranched alkanes of at least 4 members (excludes halogenated alkanes) is 1. The number of rotatable bonds is 6. The summed E-state index contributed by atoms with van der Waals surface area (Å²) < 4.78 is 0. The van der Waals surface area contributed by atoms with Crippen molar-refractivity contribution in [2.24, 2.45) is 0 Å². The molecule has 0 aromatic carbocycles. The molecule has 1 aromatic rings. The van der Waals surface area contributed by atoms with Crippen LogP contribution in [0.15, 0.2) is 24.5 Å². The van der Waals surface area contributed by atoms with E-state index in [4.69, 9.17) is 0 Å². The Hall–Kier alpha value is -0.410. The molecular weight excluding hydrogens is 228 g/mol. The molecule has 0 saturated heterocycles. The van der Waals surface area contributed by atoms with Gasteiger partial charge in [-0.3, -0.25) is 4.98 Å². The molecule has 13 heavy (non-hydrogen) atoms. The number of aromatic nitrogens is 1. The predicted octanol–water partition coefficient (Wildman–Crippen LogP) is 2.35. The van der Waals surface area contributed by atoms with Crippen molar-refractivity contribution >= 4 is 15.9 Å². The van der Waals surface area contributed by atoms with E-state index in [1.807, 2.05) is 24.5 Å². The number of pyridine rings is 1. The van der Waals surface area contributed by atoms with Gasteiger partial charge < -0.3 is 5.32 Å². The number of hydrogen-bond acceptors (Lipinski definition) is 2. The van der Waals surface area contributed by atoms with Gasteiger partial charge in [0.25, 0.3) is 0 Å². The topological polar surface area (TPSA) is 24.9 Å². The summed E-state index contributed by atoms with van der Waals surface area (Å²) in [6.07, 6.45) is 6.13. The van der Waals surface area contributed by atoms with Crippen molar-refractivity contribution in [3.8, 4) is 0 Å². The van der Waals surface area contributed by atoms with Crippen LogP contribution in [0.5, 0.6) is 0 Å². The standard InChI is InChI=1S/C10H15BrN2/c11-5-1-2-6-13-9-10-3-7-12-8-4-10/h3-4,7-8,13H,1-2,5-6,9H2. The molecule has 0 atom stereocenters. The van der Waals surface area contributed by atoms with Gasteiger partial charge in [0.2, 0.25) is 0 Å². The van der Waals surface area contributed by atoms with Crippen molar-refractivity contribution in [3.05, 3.63) is 30.1 Å². The highest BCUT2D eigenvalue weighted by Gasteiger charge is 1.90. The van der Waals surface area contributed by atoms with Crippen molar-refractivity contribution in [1.29, 1.82) is 0 Å². The van der Waals surface area contributed by atoms with Crippen molar-refractivity contribution in [2.75, 3.05) is 11.9 Å². The zero-order valence-electron chi connectivity index (χ0n) is 7.67. The van der Waals surface area contributed by atoms with Gasteiger partial charge in [-0.15, -0.1) is 0 Å². The Kier molecular flexibility index (Phi) is 5.78. The van der Waals surface area contributed by atoms with Crippen LogP contribution in [0.1, 0.15) is 18.4 Å². The summed E-state index contributed by atoms with van der Waals surface area (Å²) in [6.45, 7) is 2.04. The normalized spacial score (nSPS) is 10.2. The fraction of sp³-hybridized carbons (Fsp3) is 0.500. The molecule has 0 aliphatic carbocycles. The van der Waals surface area contributed by atoms with E-state index in [0.717, 1.165) is 18.4 Å². The molecule has 3 heteroatoms. The van der Waals surface area contributed by atoms with E-state index in [-0.39, 0.29) is 0 Å². The summed E-state index contributed by atoms with van der Waals surface area (Å²) in [7, 11) is 0. The molecule has 0 bridgehead atoms. The molecule has 1 heterocycles. The molecule has 1 rings (SSSR count). The number of nitrogens with one attached hydrogen (secondary N) is 1. The van der Waals surface area contributed by atoms with Gasteiger partial charge in [-0.2, -0.15) is 0 Å². The Morgan fingerprint density at radius 3 is 2.69 bits per heavy atom. The Morgan fingerprint density at radius 1 is 1.23 bits per heavy atom. The third kappa shape index (κ3) is 5.01. The first kappa shape index (κ1) is 10.7. The lowest BCUT2D eigenvalue weighted by Crippen LogP contribution is -2.14. The number of halogens is 1. The van der Waals surface area contributed by atoms with E-state index in [1.165, 1.54) is 18.4 Å². The molecule has 0 amide bonds. The lowest BCUT2D eigenvalue weighted by atomic mass is 10.2. The Morgan fingerprint density at radius 2 is 2.00 bits per heavy atom. The van der Waals surface area contributed by atoms with Gasteiger partial charge in [-0.1, -0.05) is 15.9 Å². The van der Waals surface area contributed by atoms with Crippen LogP contribution in [-0.2, 0) is 6.54 Å². The average Bonchev–Trinajstić information content (AvgIpc) is 2.19. The third-order valence-corrected chi connectivity index (χ3v) is 2.38. The van der Waals surface area contributed by atoms with Gasteiger partial charge in [0.05, 0.1) is 0 Å². The molecule has 0 fully saturated rings. The predicted molar refractivity (Wildman–Crippen MR) is 59.0 cm³/mol. The molecule has 0 aliphatic rings. The lowest BCUT2D eigenvalue weighted by molar-refractivity contribution is 0.644. The lowest BCUT2D eigenvalue weighted by Gasteiger charge is -2.03. The van der Waals surface area contributed by atoms with Crippen LogP contribution >= 0.6 is 15.9 Å². The van der Waals surface area contributed by atoms with E-state index in [9.17, 15) is 0 Å². The molecule has 0 spiro atoms. The first-order chi connectivity index (χ1) is 6.43. The van der Waals surface area contributed by atoms with Gasteiger partial charge in [0, 0.05) is 24.3 Å². The first-order valence-electron chi connectivity index (χ1n) is 4.59. The molecular formula is C10H15BrN2. The molecule has 0 aliphatic heterocycles. The van der Waals surface area contributed by atoms with Crippen LogP contribution in [0.4, 0.5) is 0 Å². The van der Waals surface area contributed by atoms with E-state index < -0.39 is 0 Å². The zero-order valence-corrected chi connectivity index (χ0v) is 9.26. The SMILES string of the molecule is BrCCCCNCc1ccncc1. The van der Waals surface area contributed by atoms with E-state index >= 15 is 0 Å². The van der Waals surface area contributed by atoms with Gasteiger partial charge >= 0.3 is 0 Å². The Bertz CT molecular complexity index is 213. The quantitative estimate of drug-likeness (QED) is 0.612. The van der Waals surface area contributed by atoms with Crippen molar-refractivity contribution in [3.63, 3.8) is 0 Å². The van der Waals surface area contributed by atoms with Crippen LogP contribution in [0.2, 0.25) is 0 Å². The molecule has 2 nitrogen and oxygen atoms in total. The minimum Gasteiger partial charge on any atom is -0.313 e. The van der Waals surface area contributed by atoms with Gasteiger partial charge in [0.1, 0.15) is 0 Å². The maximum atomic E-state index is 3.97. The zero-order chi connectivity index (χ0) is 9.36. The molecule has 1 N–H and O–H groups in total. The highest BCUT2D eigenvalue weighted by Crippen LogP contribution is 1.96. The molecule has 72 valence electrons. The van der Waals surface area contributed by atoms with Crippen LogP contribution in [0, 0.1) is 0 Å². The minimum atomic E-state index is 0.949. The van der Waals surface area contributed by atoms with Crippen LogP contribution in [0.25, 0.3) is 0 Å². The van der Waals surface area contributed by atoms with Crippen molar-refractivity contribution in [2.45, 2.75) is 19.4 Å². The highest BCUT2D eigenvalue weighted by atomic mass is 79.9. The van der Waals surface area contributed by atoms with E-state index in [0.29, 0.717) is 0 Å². The fourth-order valence-electron chi connectivity index (χ4n) is 1.08. The summed E-state index contributed by atoms with van der Waals surface area (Å²) in [5, 5.41) is 4.49. The summed E-state index contributed by atoms with van der Waals surface area (Å²) in [4.78, 5) is 3.97. The molecule has 0 saturated carbocycles. The van der Waals surface area contributed by atoms with Gasteiger partial charge in [-0.05, 0) is 37.1 Å². The second kappa shape index (κ2) is 7.04. The van der Waals surface area contributed by atoms with Crippen molar-refractivity contribution in [1.82, 2.24) is 10.3 Å². The van der Waals surface area contributed by atoms with Gasteiger partial charge in [0.15, 0.2) is 0 Å². The Balaban J connectivity index is 2.07. The maximum absolute atomic E-state index is 3.97. The second-order valence-corrected chi connectivity index (χ2v) is 3.72. The highest BCUT2D eigenvalue weighted by molar-refractivity contribution is 9.09. The van der Waals surface area contributed by atoms with E-state index in [1.54, 1.807) is 0 Å². The monoisotopic (exact) mass is 242 g/mol.